The molecule has 1 aromatic carbocycles. The van der Waals surface area contributed by atoms with E-state index in [-0.39, 0.29) is 5.54 Å². The summed E-state index contributed by atoms with van der Waals surface area (Å²) in [5, 5.41) is 32.9. The zero-order valence-corrected chi connectivity index (χ0v) is 13.7. The number of aliphatic hydroxyl groups excluding tert-OH is 3. The van der Waals surface area contributed by atoms with Crippen LogP contribution in [0, 0.1) is 0 Å². The summed E-state index contributed by atoms with van der Waals surface area (Å²) in [6.07, 6.45) is -1.97. The van der Waals surface area contributed by atoms with Crippen LogP contribution in [0.4, 0.5) is 0 Å². The summed E-state index contributed by atoms with van der Waals surface area (Å²) in [5.74, 6) is 0.645. The smallest absolute Gasteiger partial charge is 0.176 e. The molecule has 0 aliphatic heterocycles. The highest BCUT2D eigenvalue weighted by Crippen LogP contribution is 2.31. The Kier molecular flexibility index (Phi) is 5.12. The standard InChI is InChI=1S/C17H27NO4/c1-10(19)16(18-17(2,3)4)22-15-7-5-6-11-8-13(20)14(21)9-12(11)15/h5-7,10,13-14,16,18-21H,8-9H2,1-4H3. The first-order chi connectivity index (χ1) is 10.2. The van der Waals surface area contributed by atoms with E-state index in [9.17, 15) is 15.3 Å². The molecule has 1 aromatic rings. The van der Waals surface area contributed by atoms with Crippen LogP contribution >= 0.6 is 0 Å². The van der Waals surface area contributed by atoms with Gasteiger partial charge in [0.2, 0.25) is 0 Å². The van der Waals surface area contributed by atoms with Crippen molar-refractivity contribution in [2.24, 2.45) is 0 Å². The number of benzene rings is 1. The van der Waals surface area contributed by atoms with Crippen LogP contribution in [0.2, 0.25) is 0 Å². The first kappa shape index (κ1) is 17.2. The van der Waals surface area contributed by atoms with E-state index in [1.807, 2.05) is 39.0 Å². The molecule has 1 aliphatic carbocycles. The highest BCUT2D eigenvalue weighted by atomic mass is 16.5. The third-order valence-corrected chi connectivity index (χ3v) is 3.78. The zero-order chi connectivity index (χ0) is 16.5. The van der Waals surface area contributed by atoms with Gasteiger partial charge in [-0.2, -0.15) is 0 Å². The van der Waals surface area contributed by atoms with Gasteiger partial charge in [-0.05, 0) is 39.3 Å². The van der Waals surface area contributed by atoms with Crippen LogP contribution in [-0.2, 0) is 12.8 Å². The van der Waals surface area contributed by atoms with Gasteiger partial charge < -0.3 is 20.1 Å². The van der Waals surface area contributed by atoms with Gasteiger partial charge in [-0.1, -0.05) is 12.1 Å². The Morgan fingerprint density at radius 3 is 2.41 bits per heavy atom. The van der Waals surface area contributed by atoms with E-state index < -0.39 is 24.5 Å². The SMILES string of the molecule is CC(O)C(NC(C)(C)C)Oc1cccc2c1CC(O)C(O)C2. The minimum atomic E-state index is -0.780. The van der Waals surface area contributed by atoms with E-state index in [4.69, 9.17) is 4.74 Å². The average Bonchev–Trinajstić information content (AvgIpc) is 2.38. The maximum absolute atomic E-state index is 9.96. The molecule has 0 fully saturated rings. The molecule has 0 saturated carbocycles. The second-order valence-electron chi connectivity index (χ2n) is 7.11. The molecule has 5 heteroatoms. The lowest BCUT2D eigenvalue weighted by atomic mass is 9.87. The second kappa shape index (κ2) is 6.54. The van der Waals surface area contributed by atoms with Crippen LogP contribution in [0.3, 0.4) is 0 Å². The van der Waals surface area contributed by atoms with Gasteiger partial charge in [0.15, 0.2) is 6.23 Å². The lowest BCUT2D eigenvalue weighted by Gasteiger charge is -2.33. The van der Waals surface area contributed by atoms with E-state index in [2.05, 4.69) is 5.32 Å². The topological polar surface area (TPSA) is 82.0 Å². The normalized spacial score (nSPS) is 24.5. The molecule has 4 N–H and O–H groups in total. The monoisotopic (exact) mass is 309 g/mol. The highest BCUT2D eigenvalue weighted by molar-refractivity contribution is 5.43. The Balaban J connectivity index is 2.24. The number of ether oxygens (including phenoxy) is 1. The molecule has 0 radical (unpaired) electrons. The Labute approximate surface area is 131 Å². The minimum absolute atomic E-state index is 0.202. The molecule has 0 spiro atoms. The third kappa shape index (κ3) is 4.20. The van der Waals surface area contributed by atoms with Crippen molar-refractivity contribution in [1.82, 2.24) is 5.32 Å². The Morgan fingerprint density at radius 1 is 1.18 bits per heavy atom. The molecule has 2 rings (SSSR count). The van der Waals surface area contributed by atoms with Crippen LogP contribution in [-0.4, -0.2) is 45.4 Å². The van der Waals surface area contributed by atoms with E-state index >= 15 is 0 Å². The zero-order valence-electron chi connectivity index (χ0n) is 13.7. The fourth-order valence-electron chi connectivity index (χ4n) is 2.66. The largest absolute Gasteiger partial charge is 0.472 e. The van der Waals surface area contributed by atoms with Crippen LogP contribution < -0.4 is 10.1 Å². The van der Waals surface area contributed by atoms with E-state index in [0.717, 1.165) is 11.1 Å². The van der Waals surface area contributed by atoms with Crippen molar-refractivity contribution in [2.45, 2.75) is 70.6 Å². The van der Waals surface area contributed by atoms with Crippen molar-refractivity contribution in [3.63, 3.8) is 0 Å². The van der Waals surface area contributed by atoms with Crippen molar-refractivity contribution in [1.29, 1.82) is 0 Å². The summed E-state index contributed by atoms with van der Waals surface area (Å²) in [6.45, 7) is 7.70. The molecule has 124 valence electrons. The maximum Gasteiger partial charge on any atom is 0.176 e. The van der Waals surface area contributed by atoms with Crippen LogP contribution in [0.1, 0.15) is 38.8 Å². The number of fused-ring (bicyclic) bond motifs is 1. The Bertz CT molecular complexity index is 510. The molecule has 0 aromatic heterocycles. The van der Waals surface area contributed by atoms with Gasteiger partial charge in [-0.25, -0.2) is 0 Å². The average molecular weight is 309 g/mol. The van der Waals surface area contributed by atoms with Crippen LogP contribution in [0.5, 0.6) is 5.75 Å². The number of rotatable bonds is 4. The Morgan fingerprint density at radius 2 is 1.82 bits per heavy atom. The van der Waals surface area contributed by atoms with Crippen molar-refractivity contribution in [2.75, 3.05) is 0 Å². The number of nitrogens with one attached hydrogen (secondary N) is 1. The Hall–Kier alpha value is -1.14. The van der Waals surface area contributed by atoms with Gasteiger partial charge >= 0.3 is 0 Å². The van der Waals surface area contributed by atoms with E-state index in [1.165, 1.54) is 0 Å². The lowest BCUT2D eigenvalue weighted by molar-refractivity contribution is 0.00320. The molecule has 1 aliphatic rings. The second-order valence-corrected chi connectivity index (χ2v) is 7.11. The van der Waals surface area contributed by atoms with Gasteiger partial charge in [-0.3, -0.25) is 5.32 Å². The minimum Gasteiger partial charge on any atom is -0.472 e. The summed E-state index contributed by atoms with van der Waals surface area (Å²) in [6, 6.07) is 5.64. The van der Waals surface area contributed by atoms with Crippen LogP contribution in [0.15, 0.2) is 18.2 Å². The summed E-state index contributed by atoms with van der Waals surface area (Å²) >= 11 is 0. The molecular formula is C17H27NO4. The molecule has 0 bridgehead atoms. The van der Waals surface area contributed by atoms with Crippen molar-refractivity contribution >= 4 is 0 Å². The molecule has 0 amide bonds. The van der Waals surface area contributed by atoms with Gasteiger partial charge in [0.05, 0.1) is 12.2 Å². The highest BCUT2D eigenvalue weighted by Gasteiger charge is 2.29. The first-order valence-corrected chi connectivity index (χ1v) is 7.76. The van der Waals surface area contributed by atoms with Gasteiger partial charge in [0.1, 0.15) is 11.9 Å². The fraction of sp³-hybridized carbons (Fsp3) is 0.647. The molecule has 0 heterocycles. The molecule has 4 unspecified atom stereocenters. The predicted molar refractivity (Wildman–Crippen MR) is 84.8 cm³/mol. The summed E-state index contributed by atoms with van der Waals surface area (Å²) in [5.41, 5.74) is 1.68. The van der Waals surface area contributed by atoms with E-state index in [0.29, 0.717) is 18.6 Å². The molecular weight excluding hydrogens is 282 g/mol. The summed E-state index contributed by atoms with van der Waals surface area (Å²) in [4.78, 5) is 0. The molecule has 5 nitrogen and oxygen atoms in total. The molecule has 0 saturated heterocycles. The quantitative estimate of drug-likeness (QED) is 0.623. The van der Waals surface area contributed by atoms with Crippen LogP contribution in [0.25, 0.3) is 0 Å². The fourth-order valence-corrected chi connectivity index (χ4v) is 2.66. The summed E-state index contributed by atoms with van der Waals surface area (Å²) in [7, 11) is 0. The third-order valence-electron chi connectivity index (χ3n) is 3.78. The number of hydrogen-bond donors (Lipinski definition) is 4. The number of hydrogen-bond acceptors (Lipinski definition) is 5. The molecule has 4 atom stereocenters. The number of aliphatic hydroxyl groups is 3. The van der Waals surface area contributed by atoms with Gasteiger partial charge in [-0.15, -0.1) is 0 Å². The first-order valence-electron chi connectivity index (χ1n) is 7.76. The van der Waals surface area contributed by atoms with Crippen molar-refractivity contribution in [3.8, 4) is 5.75 Å². The maximum atomic E-state index is 9.96. The van der Waals surface area contributed by atoms with Crippen molar-refractivity contribution < 1.29 is 20.1 Å². The molecule has 22 heavy (non-hydrogen) atoms. The lowest BCUT2D eigenvalue weighted by Crippen LogP contribution is -2.52. The summed E-state index contributed by atoms with van der Waals surface area (Å²) < 4.78 is 5.98. The van der Waals surface area contributed by atoms with E-state index in [1.54, 1.807) is 6.92 Å². The van der Waals surface area contributed by atoms with Crippen molar-refractivity contribution in [3.05, 3.63) is 29.3 Å². The van der Waals surface area contributed by atoms with Gasteiger partial charge in [0.25, 0.3) is 0 Å². The predicted octanol–water partition coefficient (Wildman–Crippen LogP) is 0.981. The van der Waals surface area contributed by atoms with Gasteiger partial charge in [0, 0.05) is 23.9 Å².